The van der Waals surface area contributed by atoms with Crippen molar-refractivity contribution in [2.24, 2.45) is 0 Å². The van der Waals surface area contributed by atoms with Gasteiger partial charge < -0.3 is 4.90 Å². The van der Waals surface area contributed by atoms with E-state index in [1.165, 1.54) is 16.7 Å². The maximum Gasteiger partial charge on any atom is 0.0438 e. The molecular weight excluding hydrogens is 182 g/mol. The van der Waals surface area contributed by atoms with E-state index in [1.54, 1.807) is 0 Å². The van der Waals surface area contributed by atoms with Crippen LogP contribution in [0, 0.1) is 6.92 Å². The molecule has 0 radical (unpaired) electrons. The van der Waals surface area contributed by atoms with Gasteiger partial charge in [-0.3, -0.25) is 0 Å². The maximum atomic E-state index is 6.07. The Balaban J connectivity index is 2.43. The molecule has 0 atom stereocenters. The van der Waals surface area contributed by atoms with Crippen molar-refractivity contribution in [3.8, 4) is 0 Å². The van der Waals surface area contributed by atoms with Gasteiger partial charge in [0.25, 0.3) is 0 Å². The van der Waals surface area contributed by atoms with Crippen molar-refractivity contribution >= 4 is 11.6 Å². The van der Waals surface area contributed by atoms with Crippen molar-refractivity contribution in [2.45, 2.75) is 19.9 Å². The summed E-state index contributed by atoms with van der Waals surface area (Å²) in [6.45, 7) is 4.27. The van der Waals surface area contributed by atoms with Crippen molar-refractivity contribution in [1.82, 2.24) is 4.90 Å². The second-order valence-electron chi connectivity index (χ2n) is 3.86. The van der Waals surface area contributed by atoms with E-state index in [0.717, 1.165) is 24.5 Å². The molecule has 0 fully saturated rings. The molecule has 0 aliphatic carbocycles. The van der Waals surface area contributed by atoms with Gasteiger partial charge in [0.05, 0.1) is 0 Å². The van der Waals surface area contributed by atoms with Gasteiger partial charge in [0.2, 0.25) is 0 Å². The number of hydrogen-bond acceptors (Lipinski definition) is 1. The fourth-order valence-corrected chi connectivity index (χ4v) is 2.03. The van der Waals surface area contributed by atoms with Gasteiger partial charge in [0, 0.05) is 18.1 Å². The zero-order valence-electron chi connectivity index (χ0n) is 8.10. The molecule has 0 saturated carbocycles. The molecule has 0 saturated heterocycles. The smallest absolute Gasteiger partial charge is 0.0438 e. The van der Waals surface area contributed by atoms with E-state index in [4.69, 9.17) is 11.6 Å². The molecule has 1 aromatic rings. The molecule has 1 heterocycles. The predicted molar refractivity (Wildman–Crippen MR) is 56.2 cm³/mol. The highest BCUT2D eigenvalue weighted by atomic mass is 35.5. The van der Waals surface area contributed by atoms with Crippen LogP contribution in [-0.2, 0) is 13.0 Å². The van der Waals surface area contributed by atoms with Crippen molar-refractivity contribution in [3.63, 3.8) is 0 Å². The summed E-state index contributed by atoms with van der Waals surface area (Å²) in [5.74, 6) is 0. The lowest BCUT2D eigenvalue weighted by Crippen LogP contribution is -2.26. The quantitative estimate of drug-likeness (QED) is 0.615. The third kappa shape index (κ3) is 1.72. The Morgan fingerprint density at radius 3 is 2.85 bits per heavy atom. The second kappa shape index (κ2) is 3.32. The SMILES string of the molecule is Cc1cc2c(cc1Cl)CN(C)CC2. The summed E-state index contributed by atoms with van der Waals surface area (Å²) in [7, 11) is 2.15. The van der Waals surface area contributed by atoms with Crippen molar-refractivity contribution < 1.29 is 0 Å². The highest BCUT2D eigenvalue weighted by molar-refractivity contribution is 6.31. The number of rotatable bonds is 0. The van der Waals surface area contributed by atoms with Crippen LogP contribution in [0.2, 0.25) is 5.02 Å². The van der Waals surface area contributed by atoms with Crippen LogP contribution in [0.25, 0.3) is 0 Å². The van der Waals surface area contributed by atoms with E-state index in [9.17, 15) is 0 Å². The van der Waals surface area contributed by atoms with Crippen LogP contribution < -0.4 is 0 Å². The van der Waals surface area contributed by atoms with Gasteiger partial charge in [-0.15, -0.1) is 0 Å². The van der Waals surface area contributed by atoms with Crippen LogP contribution in [0.5, 0.6) is 0 Å². The number of benzene rings is 1. The molecule has 2 rings (SSSR count). The standard InChI is InChI=1S/C11H14ClN/c1-8-5-9-3-4-13(2)7-10(9)6-11(8)12/h5-6H,3-4,7H2,1-2H3. The Morgan fingerprint density at radius 2 is 2.08 bits per heavy atom. The van der Waals surface area contributed by atoms with Gasteiger partial charge in [-0.1, -0.05) is 17.7 Å². The molecule has 1 aromatic carbocycles. The Kier molecular flexibility index (Phi) is 2.31. The minimum atomic E-state index is 0.897. The first-order valence-electron chi connectivity index (χ1n) is 4.63. The summed E-state index contributed by atoms with van der Waals surface area (Å²) in [4.78, 5) is 2.33. The van der Waals surface area contributed by atoms with Gasteiger partial charge in [-0.2, -0.15) is 0 Å². The summed E-state index contributed by atoms with van der Waals surface area (Å²) >= 11 is 6.07. The average molecular weight is 196 g/mol. The normalized spacial score (nSPS) is 17.2. The monoisotopic (exact) mass is 195 g/mol. The minimum absolute atomic E-state index is 0.897. The van der Waals surface area contributed by atoms with E-state index in [-0.39, 0.29) is 0 Å². The number of likely N-dealkylation sites (N-methyl/N-ethyl adjacent to an activating group) is 1. The molecule has 13 heavy (non-hydrogen) atoms. The van der Waals surface area contributed by atoms with Gasteiger partial charge in [0.1, 0.15) is 0 Å². The molecule has 0 bridgehead atoms. The Hall–Kier alpha value is -0.530. The Morgan fingerprint density at radius 1 is 1.31 bits per heavy atom. The van der Waals surface area contributed by atoms with Crippen LogP contribution in [0.4, 0.5) is 0 Å². The van der Waals surface area contributed by atoms with Gasteiger partial charge in [-0.25, -0.2) is 0 Å². The molecule has 0 aromatic heterocycles. The molecule has 1 aliphatic heterocycles. The van der Waals surface area contributed by atoms with Crippen molar-refractivity contribution in [3.05, 3.63) is 33.8 Å². The molecule has 0 unspecified atom stereocenters. The molecular formula is C11H14ClN. The zero-order valence-corrected chi connectivity index (χ0v) is 8.86. The van der Waals surface area contributed by atoms with Gasteiger partial charge in [0.15, 0.2) is 0 Å². The van der Waals surface area contributed by atoms with E-state index >= 15 is 0 Å². The third-order valence-electron chi connectivity index (χ3n) is 2.68. The lowest BCUT2D eigenvalue weighted by atomic mass is 9.98. The maximum absolute atomic E-state index is 6.07. The van der Waals surface area contributed by atoms with Crippen molar-refractivity contribution in [1.29, 1.82) is 0 Å². The van der Waals surface area contributed by atoms with Crippen LogP contribution in [-0.4, -0.2) is 18.5 Å². The average Bonchev–Trinajstić information content (AvgIpc) is 2.08. The van der Waals surface area contributed by atoms with E-state index in [0.29, 0.717) is 0 Å². The van der Waals surface area contributed by atoms with E-state index < -0.39 is 0 Å². The predicted octanol–water partition coefficient (Wildman–Crippen LogP) is 2.64. The number of nitrogens with zero attached hydrogens (tertiary/aromatic N) is 1. The Bertz CT molecular complexity index is 333. The Labute approximate surface area is 84.3 Å². The molecule has 70 valence electrons. The van der Waals surface area contributed by atoms with Crippen molar-refractivity contribution in [2.75, 3.05) is 13.6 Å². The van der Waals surface area contributed by atoms with Gasteiger partial charge >= 0.3 is 0 Å². The number of halogens is 1. The molecule has 1 nitrogen and oxygen atoms in total. The highest BCUT2D eigenvalue weighted by Gasteiger charge is 2.13. The van der Waals surface area contributed by atoms with Gasteiger partial charge in [-0.05, 0) is 43.1 Å². The first-order chi connectivity index (χ1) is 6.16. The number of fused-ring (bicyclic) bond motifs is 1. The lowest BCUT2D eigenvalue weighted by molar-refractivity contribution is 0.313. The molecule has 1 aliphatic rings. The molecule has 0 amide bonds. The van der Waals surface area contributed by atoms with Crippen LogP contribution in [0.1, 0.15) is 16.7 Å². The fourth-order valence-electron chi connectivity index (χ4n) is 1.84. The summed E-state index contributed by atoms with van der Waals surface area (Å²) in [6.07, 6.45) is 1.16. The topological polar surface area (TPSA) is 3.24 Å². The number of hydrogen-bond donors (Lipinski definition) is 0. The third-order valence-corrected chi connectivity index (χ3v) is 3.09. The summed E-state index contributed by atoms with van der Waals surface area (Å²) in [6, 6.07) is 4.34. The lowest BCUT2D eigenvalue weighted by Gasteiger charge is -2.25. The molecule has 0 spiro atoms. The first-order valence-corrected chi connectivity index (χ1v) is 5.01. The highest BCUT2D eigenvalue weighted by Crippen LogP contribution is 2.24. The number of aryl methyl sites for hydroxylation is 1. The van der Waals surface area contributed by atoms with Crippen LogP contribution in [0.3, 0.4) is 0 Å². The molecule has 0 N–H and O–H groups in total. The summed E-state index contributed by atoms with van der Waals surface area (Å²) < 4.78 is 0. The second-order valence-corrected chi connectivity index (χ2v) is 4.27. The van der Waals surface area contributed by atoms with Crippen LogP contribution >= 0.6 is 11.6 Å². The molecule has 2 heteroatoms. The van der Waals surface area contributed by atoms with E-state index in [2.05, 4.69) is 31.0 Å². The fraction of sp³-hybridized carbons (Fsp3) is 0.455. The zero-order chi connectivity index (χ0) is 9.42. The summed E-state index contributed by atoms with van der Waals surface area (Å²) in [5.41, 5.74) is 4.06. The van der Waals surface area contributed by atoms with E-state index in [1.807, 2.05) is 0 Å². The van der Waals surface area contributed by atoms with Crippen LogP contribution in [0.15, 0.2) is 12.1 Å². The largest absolute Gasteiger partial charge is 0.302 e. The minimum Gasteiger partial charge on any atom is -0.302 e. The summed E-state index contributed by atoms with van der Waals surface area (Å²) in [5, 5.41) is 0.897. The first kappa shape index (κ1) is 9.04.